The van der Waals surface area contributed by atoms with E-state index in [-0.39, 0.29) is 5.92 Å². The zero-order chi connectivity index (χ0) is 13.0. The monoisotopic (exact) mass is 252 g/mol. The van der Waals surface area contributed by atoms with Crippen molar-refractivity contribution in [2.24, 2.45) is 17.8 Å². The molecule has 0 aromatic carbocycles. The molecule has 2 aliphatic rings. The van der Waals surface area contributed by atoms with Crippen molar-refractivity contribution in [3.05, 3.63) is 0 Å². The lowest BCUT2D eigenvalue weighted by Gasteiger charge is -2.31. The molecule has 0 aromatic rings. The number of amides is 1. The van der Waals surface area contributed by atoms with Crippen LogP contribution in [0.3, 0.4) is 0 Å². The average Bonchev–Trinajstić information content (AvgIpc) is 2.38. The van der Waals surface area contributed by atoms with Crippen molar-refractivity contribution in [2.75, 3.05) is 13.1 Å². The van der Waals surface area contributed by atoms with Crippen LogP contribution in [0.15, 0.2) is 0 Å². The quantitative estimate of drug-likeness (QED) is 0.809. The van der Waals surface area contributed by atoms with Crippen LogP contribution in [-0.2, 0) is 4.79 Å². The molecule has 2 fully saturated rings. The fourth-order valence-corrected chi connectivity index (χ4v) is 3.26. The molecule has 2 atom stereocenters. The average molecular weight is 252 g/mol. The first-order chi connectivity index (χ1) is 8.66. The van der Waals surface area contributed by atoms with E-state index in [4.69, 9.17) is 0 Å². The van der Waals surface area contributed by atoms with Gasteiger partial charge >= 0.3 is 0 Å². The SMILES string of the molecule is CC1CCC(C(=O)NCC2NCCCC2C)CC1. The second-order valence-electron chi connectivity index (χ2n) is 6.38. The van der Waals surface area contributed by atoms with Gasteiger partial charge in [0.1, 0.15) is 0 Å². The summed E-state index contributed by atoms with van der Waals surface area (Å²) in [7, 11) is 0. The minimum atomic E-state index is 0.278. The van der Waals surface area contributed by atoms with Crippen LogP contribution >= 0.6 is 0 Å². The van der Waals surface area contributed by atoms with Crippen molar-refractivity contribution >= 4 is 5.91 Å². The van der Waals surface area contributed by atoms with E-state index in [2.05, 4.69) is 24.5 Å². The smallest absolute Gasteiger partial charge is 0.223 e. The van der Waals surface area contributed by atoms with Crippen molar-refractivity contribution in [1.29, 1.82) is 0 Å². The van der Waals surface area contributed by atoms with E-state index < -0.39 is 0 Å². The predicted octanol–water partition coefficient (Wildman–Crippen LogP) is 2.32. The molecule has 2 rings (SSSR count). The van der Waals surface area contributed by atoms with Gasteiger partial charge in [0.15, 0.2) is 0 Å². The molecule has 18 heavy (non-hydrogen) atoms. The molecule has 2 unspecified atom stereocenters. The van der Waals surface area contributed by atoms with Gasteiger partial charge in [0.05, 0.1) is 0 Å². The third-order valence-corrected chi connectivity index (χ3v) is 4.81. The number of piperidine rings is 1. The molecule has 0 bridgehead atoms. The first-order valence-corrected chi connectivity index (χ1v) is 7.68. The molecule has 1 saturated heterocycles. The van der Waals surface area contributed by atoms with Crippen LogP contribution in [0.4, 0.5) is 0 Å². The van der Waals surface area contributed by atoms with Gasteiger partial charge in [-0.1, -0.05) is 13.8 Å². The summed E-state index contributed by atoms with van der Waals surface area (Å²) in [6.07, 6.45) is 7.16. The molecule has 104 valence electrons. The van der Waals surface area contributed by atoms with Crippen molar-refractivity contribution in [1.82, 2.24) is 10.6 Å². The van der Waals surface area contributed by atoms with Gasteiger partial charge in [-0.05, 0) is 56.9 Å². The van der Waals surface area contributed by atoms with Gasteiger partial charge in [-0.15, -0.1) is 0 Å². The van der Waals surface area contributed by atoms with E-state index in [9.17, 15) is 4.79 Å². The van der Waals surface area contributed by atoms with Crippen LogP contribution in [0.2, 0.25) is 0 Å². The second-order valence-corrected chi connectivity index (χ2v) is 6.38. The van der Waals surface area contributed by atoms with E-state index in [0.717, 1.165) is 31.8 Å². The summed E-state index contributed by atoms with van der Waals surface area (Å²) >= 11 is 0. The molecule has 0 spiro atoms. The van der Waals surface area contributed by atoms with Gasteiger partial charge in [0.2, 0.25) is 5.91 Å². The Labute approximate surface area is 111 Å². The van der Waals surface area contributed by atoms with Gasteiger partial charge in [0, 0.05) is 18.5 Å². The zero-order valence-electron chi connectivity index (χ0n) is 11.9. The third-order valence-electron chi connectivity index (χ3n) is 4.81. The molecule has 0 radical (unpaired) electrons. The predicted molar refractivity (Wildman–Crippen MR) is 74.3 cm³/mol. The fourth-order valence-electron chi connectivity index (χ4n) is 3.26. The largest absolute Gasteiger partial charge is 0.354 e. The first kappa shape index (κ1) is 13.9. The van der Waals surface area contributed by atoms with Crippen LogP contribution in [0.1, 0.15) is 52.4 Å². The molecule has 1 amide bonds. The maximum atomic E-state index is 12.1. The van der Waals surface area contributed by atoms with E-state index in [1.54, 1.807) is 0 Å². The van der Waals surface area contributed by atoms with E-state index >= 15 is 0 Å². The van der Waals surface area contributed by atoms with Crippen LogP contribution < -0.4 is 10.6 Å². The minimum absolute atomic E-state index is 0.278. The highest BCUT2D eigenvalue weighted by molar-refractivity contribution is 5.78. The fraction of sp³-hybridized carbons (Fsp3) is 0.933. The summed E-state index contributed by atoms with van der Waals surface area (Å²) in [4.78, 5) is 12.1. The molecule has 1 saturated carbocycles. The maximum Gasteiger partial charge on any atom is 0.223 e. The van der Waals surface area contributed by atoms with Crippen molar-refractivity contribution in [3.63, 3.8) is 0 Å². The van der Waals surface area contributed by atoms with Crippen LogP contribution in [0.5, 0.6) is 0 Å². The van der Waals surface area contributed by atoms with E-state index in [1.807, 2.05) is 0 Å². The Morgan fingerprint density at radius 3 is 2.56 bits per heavy atom. The minimum Gasteiger partial charge on any atom is -0.354 e. The van der Waals surface area contributed by atoms with Crippen molar-refractivity contribution in [3.8, 4) is 0 Å². The van der Waals surface area contributed by atoms with Gasteiger partial charge in [0.25, 0.3) is 0 Å². The summed E-state index contributed by atoms with van der Waals surface area (Å²) < 4.78 is 0. The maximum absolute atomic E-state index is 12.1. The van der Waals surface area contributed by atoms with Gasteiger partial charge in [-0.2, -0.15) is 0 Å². The van der Waals surface area contributed by atoms with E-state index in [1.165, 1.54) is 25.7 Å². The van der Waals surface area contributed by atoms with Gasteiger partial charge in [-0.25, -0.2) is 0 Å². The summed E-state index contributed by atoms with van der Waals surface area (Å²) in [6, 6.07) is 0.477. The standard InChI is InChI=1S/C15H28N2O/c1-11-5-7-13(8-6-11)15(18)17-10-14-12(2)4-3-9-16-14/h11-14,16H,3-10H2,1-2H3,(H,17,18). The number of hydrogen-bond donors (Lipinski definition) is 2. The topological polar surface area (TPSA) is 41.1 Å². The van der Waals surface area contributed by atoms with Crippen molar-refractivity contribution in [2.45, 2.75) is 58.4 Å². The number of carbonyl (C=O) groups excluding carboxylic acids is 1. The lowest BCUT2D eigenvalue weighted by Crippen LogP contribution is -2.49. The van der Waals surface area contributed by atoms with Gasteiger partial charge < -0.3 is 10.6 Å². The highest BCUT2D eigenvalue weighted by Crippen LogP contribution is 2.28. The number of rotatable bonds is 3. The van der Waals surface area contributed by atoms with Crippen molar-refractivity contribution < 1.29 is 4.79 Å². The first-order valence-electron chi connectivity index (χ1n) is 7.68. The third kappa shape index (κ3) is 3.71. The highest BCUT2D eigenvalue weighted by Gasteiger charge is 2.26. The number of hydrogen-bond acceptors (Lipinski definition) is 2. The Bertz CT molecular complexity index is 272. The normalized spacial score (nSPS) is 37.2. The molecule has 3 heteroatoms. The van der Waals surface area contributed by atoms with Crippen LogP contribution in [0.25, 0.3) is 0 Å². The highest BCUT2D eigenvalue weighted by atomic mass is 16.1. The molecule has 2 N–H and O–H groups in total. The second kappa shape index (κ2) is 6.55. The van der Waals surface area contributed by atoms with Crippen LogP contribution in [0, 0.1) is 17.8 Å². The molecule has 1 aliphatic carbocycles. The van der Waals surface area contributed by atoms with E-state index in [0.29, 0.717) is 17.9 Å². The molecule has 1 heterocycles. The Balaban J connectivity index is 1.70. The Hall–Kier alpha value is -0.570. The lowest BCUT2D eigenvalue weighted by atomic mass is 9.82. The zero-order valence-corrected chi connectivity index (χ0v) is 11.9. The summed E-state index contributed by atoms with van der Waals surface area (Å²) in [5.41, 5.74) is 0. The molecule has 3 nitrogen and oxygen atoms in total. The molecular weight excluding hydrogens is 224 g/mol. The lowest BCUT2D eigenvalue weighted by molar-refractivity contribution is -0.126. The number of nitrogens with one attached hydrogen (secondary N) is 2. The Kier molecular flexibility index (Phi) is 5.04. The summed E-state index contributed by atoms with van der Waals surface area (Å²) in [5, 5.41) is 6.69. The molecular formula is C15H28N2O. The molecule has 1 aliphatic heterocycles. The number of carbonyl (C=O) groups is 1. The Morgan fingerprint density at radius 2 is 1.89 bits per heavy atom. The molecule has 0 aromatic heterocycles. The van der Waals surface area contributed by atoms with Gasteiger partial charge in [-0.3, -0.25) is 4.79 Å². The van der Waals surface area contributed by atoms with Crippen LogP contribution in [-0.4, -0.2) is 25.0 Å². The summed E-state index contributed by atoms with van der Waals surface area (Å²) in [6.45, 7) is 6.49. The summed E-state index contributed by atoms with van der Waals surface area (Å²) in [5.74, 6) is 2.07. The Morgan fingerprint density at radius 1 is 1.17 bits per heavy atom.